The first-order valence-corrected chi connectivity index (χ1v) is 5.70. The fourth-order valence-corrected chi connectivity index (χ4v) is 4.44. The molecular weight excluding hydrogens is 190 g/mol. The van der Waals surface area contributed by atoms with E-state index in [0.29, 0.717) is 23.7 Å². The van der Waals surface area contributed by atoms with Crippen LogP contribution in [0, 0.1) is 35.5 Å². The molecule has 1 aliphatic heterocycles. The van der Waals surface area contributed by atoms with Crippen LogP contribution >= 0.6 is 0 Å². The van der Waals surface area contributed by atoms with Crippen molar-refractivity contribution in [1.82, 2.24) is 4.90 Å². The smallest absolute Gasteiger partial charge is 0.233 e. The van der Waals surface area contributed by atoms with E-state index in [-0.39, 0.29) is 23.7 Å². The van der Waals surface area contributed by atoms with Crippen LogP contribution in [0.2, 0.25) is 0 Å². The van der Waals surface area contributed by atoms with Crippen molar-refractivity contribution < 1.29 is 9.59 Å². The third-order valence-corrected chi connectivity index (χ3v) is 5.03. The number of imide groups is 1. The van der Waals surface area contributed by atoms with E-state index in [1.807, 2.05) is 0 Å². The fraction of sp³-hybridized carbons (Fsp3) is 0.667. The van der Waals surface area contributed by atoms with E-state index in [1.165, 1.54) is 11.3 Å². The summed E-state index contributed by atoms with van der Waals surface area (Å²) in [6.45, 7) is 0. The Hall–Kier alpha value is -1.12. The number of allylic oxidation sites excluding steroid dienone is 2. The topological polar surface area (TPSA) is 37.4 Å². The molecule has 3 nitrogen and oxygen atoms in total. The van der Waals surface area contributed by atoms with Crippen molar-refractivity contribution in [3.8, 4) is 0 Å². The third-order valence-electron chi connectivity index (χ3n) is 5.03. The summed E-state index contributed by atoms with van der Waals surface area (Å²) >= 11 is 0. The minimum atomic E-state index is 0.0347. The first kappa shape index (κ1) is 8.08. The Morgan fingerprint density at radius 3 is 2.00 bits per heavy atom. The molecule has 2 saturated carbocycles. The summed E-state index contributed by atoms with van der Waals surface area (Å²) in [5.41, 5.74) is 0. The van der Waals surface area contributed by atoms with Crippen LogP contribution in [-0.2, 0) is 9.59 Å². The van der Waals surface area contributed by atoms with Gasteiger partial charge in [0.1, 0.15) is 0 Å². The number of nitrogens with zero attached hydrogens (tertiary/aromatic N) is 1. The number of likely N-dealkylation sites (tertiary alicyclic amines) is 1. The summed E-state index contributed by atoms with van der Waals surface area (Å²) in [5.74, 6) is 2.38. The lowest BCUT2D eigenvalue weighted by molar-refractivity contribution is -0.137. The number of hydrogen-bond donors (Lipinski definition) is 0. The van der Waals surface area contributed by atoms with E-state index < -0.39 is 0 Å². The van der Waals surface area contributed by atoms with E-state index in [4.69, 9.17) is 0 Å². The maximum absolute atomic E-state index is 11.9. The van der Waals surface area contributed by atoms with Crippen molar-refractivity contribution in [2.75, 3.05) is 7.05 Å². The van der Waals surface area contributed by atoms with E-state index in [0.717, 1.165) is 0 Å². The Morgan fingerprint density at radius 1 is 1.07 bits per heavy atom. The van der Waals surface area contributed by atoms with E-state index in [2.05, 4.69) is 12.2 Å². The zero-order valence-electron chi connectivity index (χ0n) is 8.59. The second-order valence-corrected chi connectivity index (χ2v) is 5.39. The van der Waals surface area contributed by atoms with Gasteiger partial charge >= 0.3 is 0 Å². The Balaban J connectivity index is 1.79. The average Bonchev–Trinajstić information content (AvgIpc) is 2.76. The molecule has 4 rings (SSSR count). The predicted molar refractivity (Wildman–Crippen MR) is 52.5 cm³/mol. The van der Waals surface area contributed by atoms with E-state index in [1.54, 1.807) is 7.05 Å². The summed E-state index contributed by atoms with van der Waals surface area (Å²) in [6.07, 6.45) is 5.71. The maximum atomic E-state index is 11.9. The van der Waals surface area contributed by atoms with Crippen LogP contribution in [-0.4, -0.2) is 23.8 Å². The van der Waals surface area contributed by atoms with Crippen LogP contribution in [0.1, 0.15) is 6.42 Å². The number of hydrogen-bond acceptors (Lipinski definition) is 2. The van der Waals surface area contributed by atoms with Crippen molar-refractivity contribution in [2.45, 2.75) is 6.42 Å². The average molecular weight is 203 g/mol. The highest BCUT2D eigenvalue weighted by atomic mass is 16.2. The summed E-state index contributed by atoms with van der Waals surface area (Å²) in [6, 6.07) is 0. The zero-order valence-corrected chi connectivity index (χ0v) is 8.59. The SMILES string of the molecule is CN1C(=O)C2C3C4C=CC(C4)C3[C@@H]2C1=O. The third kappa shape index (κ3) is 0.665. The molecule has 4 aliphatic rings. The van der Waals surface area contributed by atoms with Gasteiger partial charge in [-0.2, -0.15) is 0 Å². The molecule has 3 heteroatoms. The fourth-order valence-electron chi connectivity index (χ4n) is 4.44. The van der Waals surface area contributed by atoms with Gasteiger partial charge < -0.3 is 0 Å². The molecule has 3 fully saturated rings. The molecule has 2 amide bonds. The highest BCUT2D eigenvalue weighted by molar-refractivity contribution is 6.06. The Morgan fingerprint density at radius 2 is 1.53 bits per heavy atom. The standard InChI is InChI=1S/C12H13NO2/c1-13-11(14)9-7-5-2-3-6(4-5)8(7)10(9)12(13)15/h2-3,5-10H,4H2,1H3/t5?,6?,7?,8?,9-,10?/m0/s1. The molecule has 0 radical (unpaired) electrons. The van der Waals surface area contributed by atoms with Crippen molar-refractivity contribution in [2.24, 2.45) is 35.5 Å². The van der Waals surface area contributed by atoms with Crippen LogP contribution in [0.25, 0.3) is 0 Å². The number of fused-ring (bicyclic) bond motifs is 8. The van der Waals surface area contributed by atoms with Crippen LogP contribution in [0.3, 0.4) is 0 Å². The van der Waals surface area contributed by atoms with Crippen molar-refractivity contribution >= 4 is 11.8 Å². The molecule has 3 aliphatic carbocycles. The molecule has 1 saturated heterocycles. The highest BCUT2D eigenvalue weighted by Crippen LogP contribution is 2.66. The summed E-state index contributed by atoms with van der Waals surface area (Å²) < 4.78 is 0. The lowest BCUT2D eigenvalue weighted by Crippen LogP contribution is -2.50. The quantitative estimate of drug-likeness (QED) is 0.428. The van der Waals surface area contributed by atoms with Gasteiger partial charge in [-0.15, -0.1) is 0 Å². The molecule has 0 aromatic carbocycles. The molecule has 6 atom stereocenters. The molecule has 0 N–H and O–H groups in total. The van der Waals surface area contributed by atoms with E-state index >= 15 is 0 Å². The van der Waals surface area contributed by atoms with Crippen LogP contribution in [0.15, 0.2) is 12.2 Å². The van der Waals surface area contributed by atoms with Crippen LogP contribution in [0.4, 0.5) is 0 Å². The van der Waals surface area contributed by atoms with Gasteiger partial charge in [0.2, 0.25) is 11.8 Å². The maximum Gasteiger partial charge on any atom is 0.233 e. The Kier molecular flexibility index (Phi) is 1.17. The highest BCUT2D eigenvalue weighted by Gasteiger charge is 2.69. The van der Waals surface area contributed by atoms with E-state index in [9.17, 15) is 9.59 Å². The van der Waals surface area contributed by atoms with Gasteiger partial charge in [-0.25, -0.2) is 0 Å². The first-order valence-electron chi connectivity index (χ1n) is 5.70. The molecule has 0 aromatic rings. The number of rotatable bonds is 0. The number of carbonyl (C=O) groups excluding carboxylic acids is 2. The molecule has 78 valence electrons. The minimum absolute atomic E-state index is 0.0347. The lowest BCUT2D eigenvalue weighted by Gasteiger charge is -2.46. The van der Waals surface area contributed by atoms with Gasteiger partial charge in [-0.1, -0.05) is 12.2 Å². The summed E-state index contributed by atoms with van der Waals surface area (Å²) in [7, 11) is 1.63. The summed E-state index contributed by atoms with van der Waals surface area (Å²) in [5, 5.41) is 0. The molecule has 1 heterocycles. The Labute approximate surface area is 88.1 Å². The first-order chi connectivity index (χ1) is 7.20. The zero-order chi connectivity index (χ0) is 10.3. The molecule has 2 bridgehead atoms. The van der Waals surface area contributed by atoms with Crippen molar-refractivity contribution in [3.05, 3.63) is 12.2 Å². The summed E-state index contributed by atoms with van der Waals surface area (Å²) in [4.78, 5) is 25.1. The largest absolute Gasteiger partial charge is 0.285 e. The van der Waals surface area contributed by atoms with Crippen molar-refractivity contribution in [1.29, 1.82) is 0 Å². The molecule has 5 unspecified atom stereocenters. The molecule has 0 spiro atoms. The molecular formula is C12H13NO2. The molecule has 15 heavy (non-hydrogen) atoms. The van der Waals surface area contributed by atoms with Gasteiger partial charge in [-0.05, 0) is 30.1 Å². The molecule has 0 aromatic heterocycles. The van der Waals surface area contributed by atoms with Crippen LogP contribution in [0.5, 0.6) is 0 Å². The van der Waals surface area contributed by atoms with Gasteiger partial charge in [0.25, 0.3) is 0 Å². The van der Waals surface area contributed by atoms with Crippen molar-refractivity contribution in [3.63, 3.8) is 0 Å². The number of amides is 2. The van der Waals surface area contributed by atoms with Gasteiger partial charge in [0, 0.05) is 7.05 Å². The predicted octanol–water partition coefficient (Wildman–Crippen LogP) is 0.669. The normalized spacial score (nSPS) is 54.6. The van der Waals surface area contributed by atoms with Gasteiger partial charge in [0.15, 0.2) is 0 Å². The van der Waals surface area contributed by atoms with Gasteiger partial charge in [0.05, 0.1) is 11.8 Å². The Bertz CT molecular complexity index is 378. The number of carbonyl (C=O) groups is 2. The monoisotopic (exact) mass is 203 g/mol. The lowest BCUT2D eigenvalue weighted by atomic mass is 9.54. The minimum Gasteiger partial charge on any atom is -0.285 e. The van der Waals surface area contributed by atoms with Gasteiger partial charge in [-0.3, -0.25) is 14.5 Å². The second-order valence-electron chi connectivity index (χ2n) is 5.39. The second kappa shape index (κ2) is 2.18. The van der Waals surface area contributed by atoms with Crippen LogP contribution < -0.4 is 0 Å².